The summed E-state index contributed by atoms with van der Waals surface area (Å²) in [6.45, 7) is 6.38. The summed E-state index contributed by atoms with van der Waals surface area (Å²) in [7, 11) is 3.43. The van der Waals surface area contributed by atoms with Crippen LogP contribution < -0.4 is 21.3 Å². The zero-order valence-corrected chi connectivity index (χ0v) is 20.8. The molecule has 1 unspecified atom stereocenters. The van der Waals surface area contributed by atoms with Gasteiger partial charge in [-0.3, -0.25) is 14.4 Å². The molecule has 0 saturated carbocycles. The SMILES string of the molecule is CC(NC(=O)[C@H]1CNCCN1)[C@H]1C(=O)N2C(C(=O)O)=C(S[C@@H]3CN[C@H](C(=O)N(C)C)C3)[C@H](C)[C@H]12. The largest absolute Gasteiger partial charge is 0.477 e. The topological polar surface area (TPSA) is 143 Å². The lowest BCUT2D eigenvalue weighted by molar-refractivity contribution is -0.158. The van der Waals surface area contributed by atoms with Gasteiger partial charge in [-0.2, -0.15) is 0 Å². The second-order valence-electron chi connectivity index (χ2n) is 9.71. The van der Waals surface area contributed by atoms with Gasteiger partial charge >= 0.3 is 5.97 Å². The molecule has 4 heterocycles. The van der Waals surface area contributed by atoms with Crippen LogP contribution in [0.25, 0.3) is 0 Å². The number of likely N-dealkylation sites (N-methyl/N-ethyl adjacent to an activating group) is 1. The minimum absolute atomic E-state index is 0.00120. The molecule has 0 radical (unpaired) electrons. The van der Waals surface area contributed by atoms with Gasteiger partial charge in [0.15, 0.2) is 0 Å². The van der Waals surface area contributed by atoms with Crippen LogP contribution in [0.1, 0.15) is 20.3 Å². The number of nitrogens with one attached hydrogen (secondary N) is 4. The van der Waals surface area contributed by atoms with Crippen molar-refractivity contribution in [2.45, 2.75) is 49.7 Å². The number of thioether (sulfide) groups is 1. The fraction of sp³-hybridized carbons (Fsp3) is 0.727. The number of carboxylic acid groups (broad SMARTS) is 1. The van der Waals surface area contributed by atoms with E-state index in [0.717, 1.165) is 6.54 Å². The molecule has 11 nitrogen and oxygen atoms in total. The standard InChI is InChI=1S/C22H34N6O5S/c1-10-16-15(11(2)26-19(29)14-9-23-5-6-24-14)21(31)28(16)17(22(32)33)18(10)34-12-7-13(25-8-12)20(30)27(3)4/h10-16,23-25H,5-9H2,1-4H3,(H,26,29)(H,32,33)/t10-,11?,12+,13+,14-,15-,16-/m1/s1. The Morgan fingerprint density at radius 3 is 2.53 bits per heavy atom. The van der Waals surface area contributed by atoms with E-state index in [4.69, 9.17) is 0 Å². The second-order valence-corrected chi connectivity index (χ2v) is 11.1. The average Bonchev–Trinajstić information content (AvgIpc) is 3.35. The Labute approximate surface area is 203 Å². The Morgan fingerprint density at radius 2 is 1.91 bits per heavy atom. The third-order valence-electron chi connectivity index (χ3n) is 7.18. The summed E-state index contributed by atoms with van der Waals surface area (Å²) in [6, 6.07) is -1.36. The van der Waals surface area contributed by atoms with Crippen molar-refractivity contribution in [3.8, 4) is 0 Å². The van der Waals surface area contributed by atoms with Crippen molar-refractivity contribution in [2.24, 2.45) is 11.8 Å². The Kier molecular flexibility index (Phi) is 7.22. The normalized spacial score (nSPS) is 33.9. The van der Waals surface area contributed by atoms with Gasteiger partial charge in [-0.05, 0) is 13.3 Å². The highest BCUT2D eigenvalue weighted by Gasteiger charge is 2.60. The van der Waals surface area contributed by atoms with E-state index in [9.17, 15) is 24.3 Å². The maximum Gasteiger partial charge on any atom is 0.353 e. The number of hydrogen-bond acceptors (Lipinski definition) is 8. The van der Waals surface area contributed by atoms with Crippen LogP contribution in [-0.4, -0.2) is 108 Å². The van der Waals surface area contributed by atoms with Crippen LogP contribution >= 0.6 is 11.8 Å². The van der Waals surface area contributed by atoms with Crippen LogP contribution in [0, 0.1) is 11.8 Å². The third-order valence-corrected chi connectivity index (χ3v) is 8.69. The van der Waals surface area contributed by atoms with E-state index >= 15 is 0 Å². The number of carbonyl (C=O) groups excluding carboxylic acids is 3. The molecule has 3 saturated heterocycles. The zero-order valence-electron chi connectivity index (χ0n) is 20.0. The van der Waals surface area contributed by atoms with Gasteiger partial charge in [0.05, 0.1) is 24.0 Å². The van der Waals surface area contributed by atoms with Crippen molar-refractivity contribution >= 4 is 35.5 Å². The molecule has 0 aromatic carbocycles. The molecule has 188 valence electrons. The van der Waals surface area contributed by atoms with Crippen molar-refractivity contribution in [3.63, 3.8) is 0 Å². The molecular weight excluding hydrogens is 460 g/mol. The zero-order chi connectivity index (χ0) is 24.7. The predicted octanol–water partition coefficient (Wildman–Crippen LogP) is -1.62. The van der Waals surface area contributed by atoms with E-state index < -0.39 is 17.9 Å². The quantitative estimate of drug-likeness (QED) is 0.264. The number of rotatable bonds is 7. The van der Waals surface area contributed by atoms with Gasteiger partial charge in [0.25, 0.3) is 0 Å². The highest BCUT2D eigenvalue weighted by atomic mass is 32.2. The second kappa shape index (κ2) is 9.84. The lowest BCUT2D eigenvalue weighted by atomic mass is 9.78. The predicted molar refractivity (Wildman–Crippen MR) is 127 cm³/mol. The van der Waals surface area contributed by atoms with Gasteiger partial charge in [0.2, 0.25) is 17.7 Å². The summed E-state index contributed by atoms with van der Waals surface area (Å²) in [6.07, 6.45) is 0.599. The van der Waals surface area contributed by atoms with Gasteiger partial charge < -0.3 is 36.2 Å². The van der Waals surface area contributed by atoms with Gasteiger partial charge in [0.1, 0.15) is 5.70 Å². The molecule has 0 aliphatic carbocycles. The number of hydrogen-bond donors (Lipinski definition) is 5. The lowest BCUT2D eigenvalue weighted by Gasteiger charge is -2.47. The van der Waals surface area contributed by atoms with Crippen molar-refractivity contribution in [1.29, 1.82) is 0 Å². The van der Waals surface area contributed by atoms with E-state index in [1.807, 2.05) is 13.8 Å². The average molecular weight is 495 g/mol. The number of nitrogens with zero attached hydrogens (tertiary/aromatic N) is 2. The maximum atomic E-state index is 13.1. The van der Waals surface area contributed by atoms with Crippen LogP contribution in [0.3, 0.4) is 0 Å². The molecular formula is C22H34N6O5S. The highest BCUT2D eigenvalue weighted by molar-refractivity contribution is 8.03. The number of aliphatic carboxylic acids is 1. The number of carboxylic acids is 1. The van der Waals surface area contributed by atoms with E-state index in [2.05, 4.69) is 21.3 Å². The maximum absolute atomic E-state index is 13.1. The monoisotopic (exact) mass is 494 g/mol. The number of carbonyl (C=O) groups is 4. The van der Waals surface area contributed by atoms with Gasteiger partial charge in [0, 0.05) is 62.4 Å². The van der Waals surface area contributed by atoms with Crippen molar-refractivity contribution < 1.29 is 24.3 Å². The summed E-state index contributed by atoms with van der Waals surface area (Å²) >= 11 is 1.46. The lowest BCUT2D eigenvalue weighted by Crippen LogP contribution is -2.67. The first-order valence-corrected chi connectivity index (χ1v) is 12.7. The van der Waals surface area contributed by atoms with Gasteiger partial charge in [-0.15, -0.1) is 11.8 Å². The van der Waals surface area contributed by atoms with E-state index in [0.29, 0.717) is 31.0 Å². The van der Waals surface area contributed by atoms with Gasteiger partial charge in [-0.1, -0.05) is 6.92 Å². The molecule has 0 aromatic heterocycles. The minimum atomic E-state index is -1.12. The molecule has 3 amide bonds. The van der Waals surface area contributed by atoms with Crippen LogP contribution in [0.15, 0.2) is 10.6 Å². The summed E-state index contributed by atoms with van der Waals surface area (Å²) in [5, 5.41) is 22.5. The fourth-order valence-corrected chi connectivity index (χ4v) is 6.90. The Bertz CT molecular complexity index is 904. The molecule has 0 spiro atoms. The number of piperazine rings is 1. The Morgan fingerprint density at radius 1 is 1.18 bits per heavy atom. The first-order valence-electron chi connectivity index (χ1n) is 11.8. The Balaban J connectivity index is 1.44. The van der Waals surface area contributed by atoms with E-state index in [1.54, 1.807) is 19.0 Å². The van der Waals surface area contributed by atoms with Crippen LogP contribution in [0.5, 0.6) is 0 Å². The first-order chi connectivity index (χ1) is 16.1. The molecule has 5 N–H and O–H groups in total. The number of amides is 3. The van der Waals surface area contributed by atoms with Crippen LogP contribution in [0.2, 0.25) is 0 Å². The molecule has 4 rings (SSSR count). The fourth-order valence-electron chi connectivity index (χ4n) is 5.42. The van der Waals surface area contributed by atoms with Crippen molar-refractivity contribution in [3.05, 3.63) is 10.6 Å². The molecule has 7 atom stereocenters. The van der Waals surface area contributed by atoms with E-state index in [-0.39, 0.29) is 52.7 Å². The van der Waals surface area contributed by atoms with Crippen LogP contribution in [-0.2, 0) is 19.2 Å². The molecule has 0 aromatic rings. The van der Waals surface area contributed by atoms with Crippen molar-refractivity contribution in [2.75, 3.05) is 40.3 Å². The summed E-state index contributed by atoms with van der Waals surface area (Å²) in [4.78, 5) is 53.8. The summed E-state index contributed by atoms with van der Waals surface area (Å²) in [5.41, 5.74) is 0.0443. The van der Waals surface area contributed by atoms with E-state index in [1.165, 1.54) is 16.7 Å². The molecule has 4 aliphatic rings. The minimum Gasteiger partial charge on any atom is -0.477 e. The summed E-state index contributed by atoms with van der Waals surface area (Å²) in [5.74, 6) is -2.20. The number of fused-ring (bicyclic) bond motifs is 1. The van der Waals surface area contributed by atoms with Gasteiger partial charge in [-0.25, -0.2) is 4.79 Å². The smallest absolute Gasteiger partial charge is 0.353 e. The third kappa shape index (κ3) is 4.43. The molecule has 12 heteroatoms. The Hall–Kier alpha value is -2.15. The first kappa shape index (κ1) is 25.0. The van der Waals surface area contributed by atoms with Crippen LogP contribution in [0.4, 0.5) is 0 Å². The molecule has 3 fully saturated rings. The molecule has 0 bridgehead atoms. The summed E-state index contributed by atoms with van der Waals surface area (Å²) < 4.78 is 0. The molecule has 4 aliphatic heterocycles. The molecule has 34 heavy (non-hydrogen) atoms. The number of β-lactam (4-membered cyclic amide) rings is 1. The highest BCUT2D eigenvalue weighted by Crippen LogP contribution is 2.51. The van der Waals surface area contributed by atoms with Crippen molar-refractivity contribution in [1.82, 2.24) is 31.1 Å².